The highest BCUT2D eigenvalue weighted by atomic mass is 16.5. The van der Waals surface area contributed by atoms with Crippen LogP contribution in [0.5, 0.6) is 0 Å². The third-order valence-electron chi connectivity index (χ3n) is 5.12. The molecule has 0 bridgehead atoms. The van der Waals surface area contributed by atoms with Crippen molar-refractivity contribution in [3.8, 4) is 0 Å². The van der Waals surface area contributed by atoms with E-state index in [4.69, 9.17) is 4.74 Å². The van der Waals surface area contributed by atoms with Crippen LogP contribution in [0.3, 0.4) is 0 Å². The molecule has 4 nitrogen and oxygen atoms in total. The van der Waals surface area contributed by atoms with Crippen LogP contribution in [0.25, 0.3) is 0 Å². The van der Waals surface area contributed by atoms with Gasteiger partial charge in [0.15, 0.2) is 0 Å². The van der Waals surface area contributed by atoms with Gasteiger partial charge in [0, 0.05) is 24.8 Å². The molecule has 0 aromatic heterocycles. The lowest BCUT2D eigenvalue weighted by atomic mass is 9.57. The van der Waals surface area contributed by atoms with Gasteiger partial charge < -0.3 is 9.64 Å². The normalized spacial score (nSPS) is 38.3. The monoisotopic (exact) mass is 249 g/mol. The van der Waals surface area contributed by atoms with Gasteiger partial charge in [0.05, 0.1) is 12.6 Å². The molecule has 1 saturated heterocycles. The molecular weight excluding hydrogens is 230 g/mol. The summed E-state index contributed by atoms with van der Waals surface area (Å²) in [5, 5.41) is 0. The molecule has 0 aromatic rings. The Morgan fingerprint density at radius 2 is 2.22 bits per heavy atom. The minimum absolute atomic E-state index is 0.0212. The first kappa shape index (κ1) is 11.8. The van der Waals surface area contributed by atoms with Crippen LogP contribution in [0.1, 0.15) is 38.5 Å². The zero-order valence-electron chi connectivity index (χ0n) is 10.8. The van der Waals surface area contributed by atoms with Gasteiger partial charge in [-0.1, -0.05) is 12.2 Å². The number of carbonyl (C=O) groups excluding carboxylic acids is 2. The van der Waals surface area contributed by atoms with E-state index in [0.29, 0.717) is 19.4 Å². The Morgan fingerprint density at radius 3 is 3.00 bits per heavy atom. The number of allylic oxidation sites excluding steroid dienone is 1. The lowest BCUT2D eigenvalue weighted by Gasteiger charge is -2.52. The summed E-state index contributed by atoms with van der Waals surface area (Å²) in [5.41, 5.74) is -0.280. The van der Waals surface area contributed by atoms with Crippen LogP contribution in [0.4, 0.5) is 4.79 Å². The van der Waals surface area contributed by atoms with Crippen LogP contribution in [0, 0.1) is 5.41 Å². The smallest absolute Gasteiger partial charge is 0.409 e. The van der Waals surface area contributed by atoms with E-state index in [2.05, 4.69) is 12.2 Å². The van der Waals surface area contributed by atoms with Gasteiger partial charge in [-0.2, -0.15) is 0 Å². The molecule has 1 amide bonds. The van der Waals surface area contributed by atoms with E-state index in [1.165, 1.54) is 7.11 Å². The Kier molecular flexibility index (Phi) is 2.50. The first-order valence-corrected chi connectivity index (χ1v) is 6.69. The molecule has 3 rings (SSSR count). The van der Waals surface area contributed by atoms with Crippen molar-refractivity contribution in [2.45, 2.75) is 44.1 Å². The van der Waals surface area contributed by atoms with E-state index < -0.39 is 0 Å². The summed E-state index contributed by atoms with van der Waals surface area (Å²) in [7, 11) is 1.42. The number of amides is 1. The summed E-state index contributed by atoms with van der Waals surface area (Å²) in [5.74, 6) is 0.289. The fourth-order valence-electron chi connectivity index (χ4n) is 4.23. The van der Waals surface area contributed by atoms with Crippen molar-refractivity contribution in [1.82, 2.24) is 4.90 Å². The SMILES string of the molecule is COC(=O)N1CC[C@]23C=CCC[C@]12CC(=O)CC3. The second-order valence-corrected chi connectivity index (χ2v) is 5.72. The van der Waals surface area contributed by atoms with Crippen molar-refractivity contribution in [2.24, 2.45) is 5.41 Å². The van der Waals surface area contributed by atoms with Gasteiger partial charge in [-0.25, -0.2) is 4.79 Å². The second kappa shape index (κ2) is 3.84. The van der Waals surface area contributed by atoms with Gasteiger partial charge >= 0.3 is 6.09 Å². The van der Waals surface area contributed by atoms with E-state index in [1.807, 2.05) is 4.90 Å². The Hall–Kier alpha value is -1.32. The molecular formula is C14H19NO3. The van der Waals surface area contributed by atoms with Gasteiger partial charge in [-0.15, -0.1) is 0 Å². The molecule has 2 aliphatic carbocycles. The van der Waals surface area contributed by atoms with Crippen LogP contribution in [0.15, 0.2) is 12.2 Å². The van der Waals surface area contributed by atoms with Crippen molar-refractivity contribution >= 4 is 11.9 Å². The maximum atomic E-state index is 12.0. The number of rotatable bonds is 0. The highest BCUT2D eigenvalue weighted by Gasteiger charge is 2.62. The average molecular weight is 249 g/mol. The summed E-state index contributed by atoms with van der Waals surface area (Å²) in [6, 6.07) is 0. The first-order chi connectivity index (χ1) is 8.63. The number of ether oxygens (including phenoxy) is 1. The fraction of sp³-hybridized carbons (Fsp3) is 0.714. The number of nitrogens with zero attached hydrogens (tertiary/aromatic N) is 1. The third kappa shape index (κ3) is 1.32. The highest BCUT2D eigenvalue weighted by molar-refractivity contribution is 5.83. The van der Waals surface area contributed by atoms with Crippen molar-refractivity contribution in [3.05, 3.63) is 12.2 Å². The molecule has 0 aromatic carbocycles. The van der Waals surface area contributed by atoms with Crippen LogP contribution >= 0.6 is 0 Å². The summed E-state index contributed by atoms with van der Waals surface area (Å²) in [4.78, 5) is 25.7. The molecule has 98 valence electrons. The molecule has 0 N–H and O–H groups in total. The van der Waals surface area contributed by atoms with Crippen LogP contribution < -0.4 is 0 Å². The van der Waals surface area contributed by atoms with Gasteiger partial charge in [0.1, 0.15) is 5.78 Å². The molecule has 1 heterocycles. The quantitative estimate of drug-likeness (QED) is 0.619. The summed E-state index contributed by atoms with van der Waals surface area (Å²) in [6.45, 7) is 0.713. The topological polar surface area (TPSA) is 46.6 Å². The van der Waals surface area contributed by atoms with Crippen molar-refractivity contribution in [1.29, 1.82) is 0 Å². The van der Waals surface area contributed by atoms with Crippen molar-refractivity contribution in [3.63, 3.8) is 0 Å². The highest BCUT2D eigenvalue weighted by Crippen LogP contribution is 2.58. The lowest BCUT2D eigenvalue weighted by molar-refractivity contribution is -0.127. The number of carbonyl (C=O) groups is 2. The molecule has 3 aliphatic rings. The molecule has 2 fully saturated rings. The van der Waals surface area contributed by atoms with Crippen LogP contribution in [-0.2, 0) is 9.53 Å². The van der Waals surface area contributed by atoms with Gasteiger partial charge in [0.2, 0.25) is 0 Å². The molecule has 1 saturated carbocycles. The molecule has 0 unspecified atom stereocenters. The standard InChI is InChI=1S/C14H19NO3/c1-18-12(17)15-9-8-13-5-2-3-6-14(13,15)10-11(16)4-7-13/h2,5H,3-4,6-10H2,1H3/t13-,14-/m1/s1. The zero-order chi connectivity index (χ0) is 12.8. The largest absolute Gasteiger partial charge is 0.453 e. The molecule has 1 aliphatic heterocycles. The number of hydrogen-bond acceptors (Lipinski definition) is 3. The fourth-order valence-corrected chi connectivity index (χ4v) is 4.23. The van der Waals surface area contributed by atoms with Gasteiger partial charge in [-0.05, 0) is 25.7 Å². The second-order valence-electron chi connectivity index (χ2n) is 5.72. The molecule has 2 atom stereocenters. The van der Waals surface area contributed by atoms with Gasteiger partial charge in [0.25, 0.3) is 0 Å². The van der Waals surface area contributed by atoms with Crippen molar-refractivity contribution < 1.29 is 14.3 Å². The number of methoxy groups -OCH3 is 1. The predicted octanol–water partition coefficient (Wildman–Crippen LogP) is 2.29. The van der Waals surface area contributed by atoms with Gasteiger partial charge in [-0.3, -0.25) is 4.79 Å². The first-order valence-electron chi connectivity index (χ1n) is 6.69. The predicted molar refractivity (Wildman–Crippen MR) is 66.1 cm³/mol. The number of ketones is 1. The maximum Gasteiger partial charge on any atom is 0.409 e. The Balaban J connectivity index is 2.05. The number of Topliss-reactive ketones (excluding diaryl/α,β-unsaturated/α-hetero) is 1. The van der Waals surface area contributed by atoms with Crippen LogP contribution in [-0.4, -0.2) is 36.0 Å². The molecule has 0 radical (unpaired) electrons. The van der Waals surface area contributed by atoms with E-state index in [1.54, 1.807) is 0 Å². The molecule has 0 spiro atoms. The summed E-state index contributed by atoms with van der Waals surface area (Å²) >= 11 is 0. The number of hydrogen-bond donors (Lipinski definition) is 0. The summed E-state index contributed by atoms with van der Waals surface area (Å²) in [6.07, 6.45) is 9.06. The Labute approximate surface area is 107 Å². The van der Waals surface area contributed by atoms with E-state index in [-0.39, 0.29) is 22.8 Å². The zero-order valence-corrected chi connectivity index (χ0v) is 10.8. The molecule has 18 heavy (non-hydrogen) atoms. The van der Waals surface area contributed by atoms with Crippen molar-refractivity contribution in [2.75, 3.05) is 13.7 Å². The van der Waals surface area contributed by atoms with E-state index >= 15 is 0 Å². The minimum Gasteiger partial charge on any atom is -0.453 e. The Bertz CT molecular complexity index is 431. The lowest BCUT2D eigenvalue weighted by Crippen LogP contribution is -2.59. The average Bonchev–Trinajstić information content (AvgIpc) is 2.72. The third-order valence-corrected chi connectivity index (χ3v) is 5.12. The van der Waals surface area contributed by atoms with E-state index in [0.717, 1.165) is 25.7 Å². The Morgan fingerprint density at radius 1 is 1.39 bits per heavy atom. The minimum atomic E-state index is -0.301. The number of likely N-dealkylation sites (tertiary alicyclic amines) is 1. The van der Waals surface area contributed by atoms with Crippen LogP contribution in [0.2, 0.25) is 0 Å². The summed E-state index contributed by atoms with van der Waals surface area (Å²) < 4.78 is 4.91. The molecule has 4 heteroatoms. The maximum absolute atomic E-state index is 12.0. The van der Waals surface area contributed by atoms with E-state index in [9.17, 15) is 9.59 Å².